The number of nitrogens with zero attached hydrogens (tertiary/aromatic N) is 8. The second-order valence-electron chi connectivity index (χ2n) is 14.1. The summed E-state index contributed by atoms with van der Waals surface area (Å²) in [5, 5.41) is 35.6. The Hall–Kier alpha value is -5.57. The van der Waals surface area contributed by atoms with Crippen molar-refractivity contribution in [3.8, 4) is 21.3 Å². The fourth-order valence-corrected chi connectivity index (χ4v) is 8.98. The molecular formula is C41H42Cl2N10O7S2. The average molecular weight is 922 g/mol. The smallest absolute Gasteiger partial charge is 0.322 e. The normalized spacial score (nSPS) is 13.2. The molecule has 21 heteroatoms. The standard InChI is InChI=1S/C41H42Cl2N10O7S2/c1-23-24(2)62-41-37(23)38(26-4-6-27(42)7-5-26)47-33(39-50-48-25(3)53(39)41)18-35(55)44-19-29-21-52(51-49-29)10-11-58-12-13-59-14-15-60-30-8-9-31(32(43)17-30)40-46-28(22-61-40)16-34(54)45-20-36(56)57/h4-9,17,21-22,33H,10-16,18-20H2,1-3H3,(H,44,55)(H,45,54)(H,56,57)/t33-/m0/s1. The van der Waals surface area contributed by atoms with E-state index in [2.05, 4.69) is 50.0 Å². The van der Waals surface area contributed by atoms with Crippen LogP contribution in [0.3, 0.4) is 0 Å². The molecule has 62 heavy (non-hydrogen) atoms. The number of thiazole rings is 1. The predicted molar refractivity (Wildman–Crippen MR) is 234 cm³/mol. The van der Waals surface area contributed by atoms with Crippen molar-refractivity contribution in [1.29, 1.82) is 0 Å². The molecule has 0 unspecified atom stereocenters. The van der Waals surface area contributed by atoms with Gasteiger partial charge in [0.1, 0.15) is 46.5 Å². The molecule has 6 aromatic rings. The first-order chi connectivity index (χ1) is 29.9. The topological polar surface area (TPSA) is 210 Å². The molecule has 324 valence electrons. The molecule has 0 aliphatic carbocycles. The second-order valence-corrected chi connectivity index (χ2v) is 17.0. The van der Waals surface area contributed by atoms with E-state index in [1.807, 2.05) is 35.8 Å². The number of aryl methyl sites for hydroxylation is 2. The minimum absolute atomic E-state index is 0.0310. The molecule has 5 heterocycles. The zero-order valence-electron chi connectivity index (χ0n) is 33.9. The van der Waals surface area contributed by atoms with E-state index < -0.39 is 24.5 Å². The lowest BCUT2D eigenvalue weighted by Crippen LogP contribution is -2.30. The molecule has 0 saturated carbocycles. The number of thiophene rings is 1. The van der Waals surface area contributed by atoms with Crippen molar-refractivity contribution in [2.24, 2.45) is 4.99 Å². The number of nitrogens with one attached hydrogen (secondary N) is 2. The second kappa shape index (κ2) is 20.5. The maximum Gasteiger partial charge on any atom is 0.322 e. The van der Waals surface area contributed by atoms with Crippen LogP contribution in [0.1, 0.15) is 57.1 Å². The number of hydrogen-bond donors (Lipinski definition) is 3. The molecule has 0 fully saturated rings. The van der Waals surface area contributed by atoms with Gasteiger partial charge >= 0.3 is 5.97 Å². The molecule has 1 atom stereocenters. The third-order valence-corrected chi connectivity index (χ3v) is 12.3. The Balaban J connectivity index is 0.809. The van der Waals surface area contributed by atoms with Crippen molar-refractivity contribution in [1.82, 2.24) is 45.4 Å². The van der Waals surface area contributed by atoms with Gasteiger partial charge in [-0.2, -0.15) is 0 Å². The van der Waals surface area contributed by atoms with E-state index >= 15 is 0 Å². The number of carbonyl (C=O) groups excluding carboxylic acids is 2. The van der Waals surface area contributed by atoms with Gasteiger partial charge in [-0.3, -0.25) is 23.9 Å². The number of hydrogen-bond acceptors (Lipinski definition) is 14. The Bertz CT molecular complexity index is 2590. The molecule has 2 amide bonds. The molecule has 4 aromatic heterocycles. The summed E-state index contributed by atoms with van der Waals surface area (Å²) in [6.07, 6.45) is 1.79. The third-order valence-electron chi connectivity index (χ3n) is 9.62. The Morgan fingerprint density at radius 3 is 2.45 bits per heavy atom. The molecule has 0 saturated heterocycles. The molecule has 0 bridgehead atoms. The van der Waals surface area contributed by atoms with Gasteiger partial charge in [0.15, 0.2) is 5.82 Å². The number of aromatic nitrogens is 7. The zero-order chi connectivity index (χ0) is 43.8. The van der Waals surface area contributed by atoms with E-state index in [0.717, 1.165) is 33.2 Å². The average Bonchev–Trinajstić information content (AvgIpc) is 4.04. The molecule has 0 radical (unpaired) electrons. The first-order valence-corrected chi connectivity index (χ1v) is 21.9. The van der Waals surface area contributed by atoms with Crippen molar-refractivity contribution in [3.05, 3.63) is 109 Å². The summed E-state index contributed by atoms with van der Waals surface area (Å²) in [6.45, 7) is 8.06. The molecule has 2 aromatic carbocycles. The number of ether oxygens (including phenoxy) is 3. The maximum atomic E-state index is 13.4. The van der Waals surface area contributed by atoms with Crippen LogP contribution < -0.4 is 15.4 Å². The molecule has 7 rings (SSSR count). The lowest BCUT2D eigenvalue weighted by atomic mass is 9.99. The summed E-state index contributed by atoms with van der Waals surface area (Å²) in [5.41, 5.74) is 5.61. The van der Waals surface area contributed by atoms with E-state index in [9.17, 15) is 14.4 Å². The van der Waals surface area contributed by atoms with Gasteiger partial charge in [0.25, 0.3) is 0 Å². The fourth-order valence-electron chi connectivity index (χ4n) is 6.47. The van der Waals surface area contributed by atoms with E-state index in [-0.39, 0.29) is 25.3 Å². The summed E-state index contributed by atoms with van der Waals surface area (Å²) in [4.78, 5) is 46.8. The Labute approximate surface area is 374 Å². The number of carbonyl (C=O) groups is 3. The Kier molecular flexibility index (Phi) is 14.7. The SMILES string of the molecule is Cc1sc2c(c1C)C(c1ccc(Cl)cc1)=N[C@@H](CC(=O)NCc1cn(CCOCCOCCOc3ccc(-c4nc(CC(=O)NCC(=O)O)cs4)c(Cl)c3)nn1)c1nnc(C)n1-2. The highest BCUT2D eigenvalue weighted by atomic mass is 35.5. The summed E-state index contributed by atoms with van der Waals surface area (Å²) in [5.74, 6) is 0.138. The van der Waals surface area contributed by atoms with E-state index in [4.69, 9.17) is 47.5 Å². The third kappa shape index (κ3) is 11.1. The van der Waals surface area contributed by atoms with Crippen LogP contribution >= 0.6 is 45.9 Å². The van der Waals surface area contributed by atoms with Crippen molar-refractivity contribution in [2.45, 2.75) is 52.7 Å². The quantitative estimate of drug-likeness (QED) is 0.0785. The number of carboxylic acids is 1. The van der Waals surface area contributed by atoms with Crippen LogP contribution in [-0.4, -0.2) is 103 Å². The number of benzene rings is 2. The minimum atomic E-state index is -1.11. The summed E-state index contributed by atoms with van der Waals surface area (Å²) in [7, 11) is 0. The lowest BCUT2D eigenvalue weighted by Gasteiger charge is -2.13. The summed E-state index contributed by atoms with van der Waals surface area (Å²) >= 11 is 15.7. The molecule has 17 nitrogen and oxygen atoms in total. The number of rotatable bonds is 20. The molecule has 1 aliphatic heterocycles. The van der Waals surface area contributed by atoms with Crippen molar-refractivity contribution in [3.63, 3.8) is 0 Å². The highest BCUT2D eigenvalue weighted by Crippen LogP contribution is 2.40. The highest BCUT2D eigenvalue weighted by molar-refractivity contribution is 7.15. The van der Waals surface area contributed by atoms with Crippen molar-refractivity contribution in [2.75, 3.05) is 39.6 Å². The zero-order valence-corrected chi connectivity index (χ0v) is 37.0. The van der Waals surface area contributed by atoms with Gasteiger partial charge in [0.2, 0.25) is 11.8 Å². The molecule has 3 N–H and O–H groups in total. The number of fused-ring (bicyclic) bond motifs is 3. The van der Waals surface area contributed by atoms with Crippen LogP contribution in [0.2, 0.25) is 10.0 Å². The highest BCUT2D eigenvalue weighted by Gasteiger charge is 2.32. The monoisotopic (exact) mass is 920 g/mol. The molecule has 0 spiro atoms. The first kappa shape index (κ1) is 44.5. The number of aliphatic imine (C=N–C) groups is 1. The van der Waals surface area contributed by atoms with Crippen molar-refractivity contribution < 1.29 is 33.7 Å². The van der Waals surface area contributed by atoms with Gasteiger partial charge in [0.05, 0.1) is 75.0 Å². The number of halogens is 2. The van der Waals surface area contributed by atoms with Crippen LogP contribution in [0.4, 0.5) is 0 Å². The number of carboxylic acid groups (broad SMARTS) is 1. The number of amides is 2. The van der Waals surface area contributed by atoms with Gasteiger partial charge in [0, 0.05) is 32.0 Å². The Morgan fingerprint density at radius 1 is 0.903 bits per heavy atom. The van der Waals surface area contributed by atoms with Crippen LogP contribution in [0.5, 0.6) is 5.75 Å². The predicted octanol–water partition coefficient (Wildman–Crippen LogP) is 5.73. The van der Waals surface area contributed by atoms with E-state index in [0.29, 0.717) is 83.2 Å². The van der Waals surface area contributed by atoms with Gasteiger partial charge in [-0.25, -0.2) is 9.67 Å². The molecule has 1 aliphatic rings. The van der Waals surface area contributed by atoms with Crippen LogP contribution in [0.15, 0.2) is 59.0 Å². The van der Waals surface area contributed by atoms with Crippen molar-refractivity contribution >= 4 is 69.4 Å². The lowest BCUT2D eigenvalue weighted by molar-refractivity contribution is -0.137. The minimum Gasteiger partial charge on any atom is -0.491 e. The number of aliphatic carboxylic acids is 1. The summed E-state index contributed by atoms with van der Waals surface area (Å²) < 4.78 is 20.8. The Morgan fingerprint density at radius 2 is 1.68 bits per heavy atom. The summed E-state index contributed by atoms with van der Waals surface area (Å²) in [6, 6.07) is 12.2. The largest absolute Gasteiger partial charge is 0.491 e. The van der Waals surface area contributed by atoms with E-state index in [1.54, 1.807) is 45.8 Å². The maximum absolute atomic E-state index is 13.4. The fraction of sp³-hybridized carbons (Fsp3) is 0.341. The van der Waals surface area contributed by atoms with Crippen LogP contribution in [0.25, 0.3) is 15.6 Å². The molecular weight excluding hydrogens is 880 g/mol. The van der Waals surface area contributed by atoms with Gasteiger partial charge in [-0.05, 0) is 56.7 Å². The van der Waals surface area contributed by atoms with E-state index in [1.165, 1.54) is 16.2 Å². The van der Waals surface area contributed by atoms with Crippen LogP contribution in [0, 0.1) is 20.8 Å². The van der Waals surface area contributed by atoms with Gasteiger partial charge in [-0.1, -0.05) is 40.5 Å². The first-order valence-electron chi connectivity index (χ1n) is 19.5. The van der Waals surface area contributed by atoms with Crippen LogP contribution in [-0.2, 0) is 43.4 Å². The van der Waals surface area contributed by atoms with Gasteiger partial charge < -0.3 is 30.0 Å². The van der Waals surface area contributed by atoms with Gasteiger partial charge in [-0.15, -0.1) is 38.0 Å².